The summed E-state index contributed by atoms with van der Waals surface area (Å²) in [5.74, 6) is 1.01. The van der Waals surface area contributed by atoms with Gasteiger partial charge in [-0.3, -0.25) is 4.90 Å². The summed E-state index contributed by atoms with van der Waals surface area (Å²) >= 11 is 0. The predicted molar refractivity (Wildman–Crippen MR) is 73.4 cm³/mol. The highest BCUT2D eigenvalue weighted by Gasteiger charge is 2.34. The molecule has 1 aliphatic carbocycles. The molecule has 0 aliphatic heterocycles. The average Bonchev–Trinajstić information content (AvgIpc) is 3.14. The summed E-state index contributed by atoms with van der Waals surface area (Å²) in [4.78, 5) is 2.47. The minimum absolute atomic E-state index is 0.217. The molecule has 1 atom stereocenters. The van der Waals surface area contributed by atoms with E-state index in [1.807, 2.05) is 18.2 Å². The van der Waals surface area contributed by atoms with Crippen LogP contribution in [-0.4, -0.2) is 24.0 Å². The standard InChI is InChI=1S/C15H20N2O/c1-2-17(12-7-8-12)13(10-16)15-9-11-5-3-4-6-14(11)18-15/h3-6,9,12-13H,2,7-8,10,16H2,1H3. The Morgan fingerprint density at radius 2 is 2.17 bits per heavy atom. The molecule has 0 spiro atoms. The number of nitrogens with two attached hydrogens (primary N) is 1. The zero-order valence-corrected chi connectivity index (χ0v) is 10.8. The van der Waals surface area contributed by atoms with Crippen LogP contribution in [0.3, 0.4) is 0 Å². The lowest BCUT2D eigenvalue weighted by Gasteiger charge is -2.28. The Balaban J connectivity index is 1.94. The highest BCUT2D eigenvalue weighted by molar-refractivity contribution is 5.77. The van der Waals surface area contributed by atoms with Gasteiger partial charge in [0.25, 0.3) is 0 Å². The molecule has 0 radical (unpaired) electrons. The SMILES string of the molecule is CCN(C1CC1)C(CN)c1cc2ccccc2o1. The van der Waals surface area contributed by atoms with E-state index in [2.05, 4.69) is 24.0 Å². The highest BCUT2D eigenvalue weighted by Crippen LogP contribution is 2.35. The molecule has 2 aromatic rings. The molecule has 1 aliphatic rings. The molecule has 1 heterocycles. The van der Waals surface area contributed by atoms with Gasteiger partial charge in [0.2, 0.25) is 0 Å². The van der Waals surface area contributed by atoms with Crippen molar-refractivity contribution in [3.05, 3.63) is 36.1 Å². The molecule has 96 valence electrons. The van der Waals surface area contributed by atoms with Crippen molar-refractivity contribution in [2.24, 2.45) is 5.73 Å². The Labute approximate surface area is 108 Å². The Morgan fingerprint density at radius 1 is 1.39 bits per heavy atom. The fourth-order valence-corrected chi connectivity index (χ4v) is 2.72. The van der Waals surface area contributed by atoms with Crippen LogP contribution in [-0.2, 0) is 0 Å². The van der Waals surface area contributed by atoms with Crippen molar-refractivity contribution in [1.29, 1.82) is 0 Å². The van der Waals surface area contributed by atoms with Crippen LogP contribution in [0.15, 0.2) is 34.7 Å². The predicted octanol–water partition coefficient (Wildman–Crippen LogP) is 2.92. The van der Waals surface area contributed by atoms with Gasteiger partial charge < -0.3 is 10.2 Å². The van der Waals surface area contributed by atoms with Crippen LogP contribution in [0.1, 0.15) is 31.6 Å². The van der Waals surface area contributed by atoms with E-state index in [9.17, 15) is 0 Å². The Hall–Kier alpha value is -1.32. The van der Waals surface area contributed by atoms with E-state index in [1.165, 1.54) is 12.8 Å². The molecule has 2 N–H and O–H groups in total. The second-order valence-corrected chi connectivity index (χ2v) is 5.00. The smallest absolute Gasteiger partial charge is 0.134 e. The summed E-state index contributed by atoms with van der Waals surface area (Å²) in [7, 11) is 0. The first kappa shape index (κ1) is 11.8. The van der Waals surface area contributed by atoms with Gasteiger partial charge in [-0.25, -0.2) is 0 Å². The molecule has 1 aromatic heterocycles. The third kappa shape index (κ3) is 2.04. The molecule has 1 fully saturated rings. The second-order valence-electron chi connectivity index (χ2n) is 5.00. The number of nitrogens with zero attached hydrogens (tertiary/aromatic N) is 1. The van der Waals surface area contributed by atoms with Gasteiger partial charge >= 0.3 is 0 Å². The zero-order chi connectivity index (χ0) is 12.5. The van der Waals surface area contributed by atoms with Gasteiger partial charge in [0.1, 0.15) is 11.3 Å². The Morgan fingerprint density at radius 3 is 2.78 bits per heavy atom. The molecule has 3 nitrogen and oxygen atoms in total. The minimum atomic E-state index is 0.217. The summed E-state index contributed by atoms with van der Waals surface area (Å²) in [6.45, 7) is 3.84. The van der Waals surface area contributed by atoms with Crippen LogP contribution in [0.25, 0.3) is 11.0 Å². The minimum Gasteiger partial charge on any atom is -0.459 e. The van der Waals surface area contributed by atoms with Gasteiger partial charge in [-0.1, -0.05) is 25.1 Å². The molecule has 3 heteroatoms. The van der Waals surface area contributed by atoms with Crippen molar-refractivity contribution in [1.82, 2.24) is 4.90 Å². The summed E-state index contributed by atoms with van der Waals surface area (Å²) in [5.41, 5.74) is 6.92. The maximum Gasteiger partial charge on any atom is 0.134 e. The lowest BCUT2D eigenvalue weighted by Crippen LogP contribution is -2.35. The van der Waals surface area contributed by atoms with Gasteiger partial charge in [0, 0.05) is 18.0 Å². The van der Waals surface area contributed by atoms with Gasteiger partial charge in [0.15, 0.2) is 0 Å². The third-order valence-electron chi connectivity index (χ3n) is 3.78. The van der Waals surface area contributed by atoms with Crippen LogP contribution >= 0.6 is 0 Å². The van der Waals surface area contributed by atoms with Crippen molar-refractivity contribution in [3.8, 4) is 0 Å². The van der Waals surface area contributed by atoms with Crippen molar-refractivity contribution >= 4 is 11.0 Å². The van der Waals surface area contributed by atoms with Crippen LogP contribution in [0, 0.1) is 0 Å². The van der Waals surface area contributed by atoms with E-state index >= 15 is 0 Å². The average molecular weight is 244 g/mol. The van der Waals surface area contributed by atoms with E-state index in [0.29, 0.717) is 12.6 Å². The Bertz CT molecular complexity index is 497. The largest absolute Gasteiger partial charge is 0.459 e. The number of rotatable bonds is 5. The van der Waals surface area contributed by atoms with Crippen LogP contribution < -0.4 is 5.73 Å². The third-order valence-corrected chi connectivity index (χ3v) is 3.78. The molecular weight excluding hydrogens is 224 g/mol. The zero-order valence-electron chi connectivity index (χ0n) is 10.8. The summed E-state index contributed by atoms with van der Waals surface area (Å²) in [6.07, 6.45) is 2.59. The lowest BCUT2D eigenvalue weighted by molar-refractivity contribution is 0.181. The van der Waals surface area contributed by atoms with Crippen molar-refractivity contribution < 1.29 is 4.42 Å². The van der Waals surface area contributed by atoms with Crippen LogP contribution in [0.2, 0.25) is 0 Å². The second kappa shape index (κ2) is 4.75. The normalized spacial score (nSPS) is 17.5. The summed E-state index contributed by atoms with van der Waals surface area (Å²) in [5, 5.41) is 1.16. The molecule has 18 heavy (non-hydrogen) atoms. The Kier molecular flexibility index (Phi) is 3.10. The molecule has 0 bridgehead atoms. The molecule has 1 aromatic carbocycles. The van der Waals surface area contributed by atoms with Crippen molar-refractivity contribution in [2.45, 2.75) is 31.8 Å². The number of furan rings is 1. The fourth-order valence-electron chi connectivity index (χ4n) is 2.72. The summed E-state index contributed by atoms with van der Waals surface area (Å²) in [6, 6.07) is 11.2. The topological polar surface area (TPSA) is 42.4 Å². The molecule has 0 saturated heterocycles. The summed E-state index contributed by atoms with van der Waals surface area (Å²) < 4.78 is 5.96. The van der Waals surface area contributed by atoms with Crippen LogP contribution in [0.4, 0.5) is 0 Å². The van der Waals surface area contributed by atoms with Gasteiger partial charge in [-0.05, 0) is 31.5 Å². The van der Waals surface area contributed by atoms with Gasteiger partial charge in [-0.15, -0.1) is 0 Å². The lowest BCUT2D eigenvalue weighted by atomic mass is 10.1. The van der Waals surface area contributed by atoms with E-state index in [-0.39, 0.29) is 6.04 Å². The quantitative estimate of drug-likeness (QED) is 0.879. The van der Waals surface area contributed by atoms with Gasteiger partial charge in [-0.2, -0.15) is 0 Å². The van der Waals surface area contributed by atoms with Crippen LogP contribution in [0.5, 0.6) is 0 Å². The monoisotopic (exact) mass is 244 g/mol. The number of hydrogen-bond acceptors (Lipinski definition) is 3. The maximum atomic E-state index is 5.97. The van der Waals surface area contributed by atoms with E-state index in [0.717, 1.165) is 23.3 Å². The van der Waals surface area contributed by atoms with Gasteiger partial charge in [0.05, 0.1) is 6.04 Å². The molecule has 1 unspecified atom stereocenters. The molecule has 3 rings (SSSR count). The van der Waals surface area contributed by atoms with Crippen molar-refractivity contribution in [2.75, 3.05) is 13.1 Å². The van der Waals surface area contributed by atoms with Crippen molar-refractivity contribution in [3.63, 3.8) is 0 Å². The number of benzene rings is 1. The molecular formula is C15H20N2O. The van der Waals surface area contributed by atoms with E-state index < -0.39 is 0 Å². The highest BCUT2D eigenvalue weighted by atomic mass is 16.3. The number of likely N-dealkylation sites (N-methyl/N-ethyl adjacent to an activating group) is 1. The fraction of sp³-hybridized carbons (Fsp3) is 0.467. The van der Waals surface area contributed by atoms with E-state index in [1.54, 1.807) is 0 Å². The number of hydrogen-bond donors (Lipinski definition) is 1. The first-order valence-electron chi connectivity index (χ1n) is 6.77. The molecule has 1 saturated carbocycles. The maximum absolute atomic E-state index is 5.97. The first-order chi connectivity index (χ1) is 8.83. The first-order valence-corrected chi connectivity index (χ1v) is 6.77. The van der Waals surface area contributed by atoms with E-state index in [4.69, 9.17) is 10.2 Å². The number of fused-ring (bicyclic) bond motifs is 1. The molecule has 0 amide bonds. The number of para-hydroxylation sites is 1.